The van der Waals surface area contributed by atoms with Gasteiger partial charge in [-0.25, -0.2) is 8.42 Å². The maximum atomic E-state index is 12.7. The summed E-state index contributed by atoms with van der Waals surface area (Å²) in [5.74, 6) is 0.439. The lowest BCUT2D eigenvalue weighted by molar-refractivity contribution is -0.127. The largest absolute Gasteiger partial charge is 0.488 e. The molecular formula is C20H20BrNO4S. The number of fused-ring (bicyclic) bond motifs is 3. The topological polar surface area (TPSA) is 72.5 Å². The summed E-state index contributed by atoms with van der Waals surface area (Å²) in [5, 5.41) is 0. The number of carbonyl (C=O) groups excluding carboxylic acids is 1. The number of ether oxygens (including phenoxy) is 1. The van der Waals surface area contributed by atoms with E-state index >= 15 is 0 Å². The normalized spacial score (nSPS) is 23.3. The zero-order chi connectivity index (χ0) is 19.4. The highest BCUT2D eigenvalue weighted by Gasteiger charge is 2.48. The predicted octanol–water partition coefficient (Wildman–Crippen LogP) is 4.48. The molecule has 0 bridgehead atoms. The highest BCUT2D eigenvalue weighted by molar-refractivity contribution is 9.10. The second-order valence-corrected chi connectivity index (χ2v) is 10.5. The van der Waals surface area contributed by atoms with Crippen LogP contribution in [0, 0.1) is 5.41 Å². The third kappa shape index (κ3) is 3.38. The van der Waals surface area contributed by atoms with E-state index in [2.05, 4.69) is 34.5 Å². The number of carbonyl (C=O) groups is 1. The molecule has 0 aromatic heterocycles. The molecule has 0 amide bonds. The average Bonchev–Trinajstić information content (AvgIpc) is 2.93. The van der Waals surface area contributed by atoms with E-state index < -0.39 is 10.0 Å². The van der Waals surface area contributed by atoms with Gasteiger partial charge in [0.05, 0.1) is 21.0 Å². The summed E-state index contributed by atoms with van der Waals surface area (Å²) in [6.45, 7) is 4.14. The van der Waals surface area contributed by atoms with Gasteiger partial charge in [0.2, 0.25) is 0 Å². The van der Waals surface area contributed by atoms with Gasteiger partial charge >= 0.3 is 0 Å². The summed E-state index contributed by atoms with van der Waals surface area (Å²) < 4.78 is 34.6. The molecule has 142 valence electrons. The first-order valence-electron chi connectivity index (χ1n) is 8.77. The third-order valence-electron chi connectivity index (χ3n) is 5.11. The second-order valence-electron chi connectivity index (χ2n) is 7.94. The van der Waals surface area contributed by atoms with Crippen molar-refractivity contribution in [2.75, 3.05) is 4.72 Å². The van der Waals surface area contributed by atoms with E-state index in [1.807, 2.05) is 0 Å². The van der Waals surface area contributed by atoms with Crippen molar-refractivity contribution in [2.24, 2.45) is 5.41 Å². The molecule has 2 aliphatic rings. The Morgan fingerprint density at radius 1 is 1.19 bits per heavy atom. The van der Waals surface area contributed by atoms with Crippen LogP contribution in [0.4, 0.5) is 5.69 Å². The molecule has 4 rings (SSSR count). The number of nitrogens with one attached hydrogen (secondary N) is 1. The molecule has 27 heavy (non-hydrogen) atoms. The Morgan fingerprint density at radius 2 is 1.89 bits per heavy atom. The van der Waals surface area contributed by atoms with Crippen LogP contribution in [0.1, 0.15) is 38.2 Å². The molecule has 2 atom stereocenters. The fourth-order valence-corrected chi connectivity index (χ4v) is 5.63. The van der Waals surface area contributed by atoms with Gasteiger partial charge in [0, 0.05) is 12.0 Å². The zero-order valence-electron chi connectivity index (χ0n) is 15.0. The monoisotopic (exact) mass is 449 g/mol. The lowest BCUT2D eigenvalue weighted by Gasteiger charge is -2.35. The first-order chi connectivity index (χ1) is 12.7. The summed E-state index contributed by atoms with van der Waals surface area (Å²) in [5.41, 5.74) is 1.07. The van der Waals surface area contributed by atoms with Gasteiger partial charge in [0.25, 0.3) is 10.0 Å². The van der Waals surface area contributed by atoms with Crippen LogP contribution in [0.2, 0.25) is 0 Å². The molecule has 0 radical (unpaired) electrons. The van der Waals surface area contributed by atoms with Crippen LogP contribution in [-0.2, 0) is 14.8 Å². The van der Waals surface area contributed by atoms with E-state index in [0.29, 0.717) is 22.3 Å². The minimum Gasteiger partial charge on any atom is -0.488 e. The minimum atomic E-state index is -3.71. The van der Waals surface area contributed by atoms with Crippen molar-refractivity contribution in [3.63, 3.8) is 0 Å². The van der Waals surface area contributed by atoms with E-state index in [4.69, 9.17) is 4.74 Å². The van der Waals surface area contributed by atoms with Gasteiger partial charge in [-0.15, -0.1) is 0 Å². The quantitative estimate of drug-likeness (QED) is 0.749. The first-order valence-corrected chi connectivity index (χ1v) is 11.0. The fourth-order valence-electron chi connectivity index (χ4n) is 4.00. The summed E-state index contributed by atoms with van der Waals surface area (Å²) in [6, 6.07) is 11.6. The molecule has 1 heterocycles. The molecule has 1 aliphatic heterocycles. The van der Waals surface area contributed by atoms with Crippen molar-refractivity contribution in [1.29, 1.82) is 0 Å². The average molecular weight is 450 g/mol. The number of anilines is 1. The van der Waals surface area contributed by atoms with Gasteiger partial charge in [0.15, 0.2) is 0 Å². The predicted molar refractivity (Wildman–Crippen MR) is 107 cm³/mol. The maximum Gasteiger partial charge on any atom is 0.261 e. The molecule has 2 aromatic carbocycles. The Morgan fingerprint density at radius 3 is 2.59 bits per heavy atom. The molecule has 2 aromatic rings. The number of benzene rings is 2. The number of hydrogen-bond acceptors (Lipinski definition) is 4. The van der Waals surface area contributed by atoms with E-state index in [-0.39, 0.29) is 28.1 Å². The highest BCUT2D eigenvalue weighted by atomic mass is 79.9. The van der Waals surface area contributed by atoms with Gasteiger partial charge < -0.3 is 4.74 Å². The molecular weight excluding hydrogens is 430 g/mol. The van der Waals surface area contributed by atoms with Crippen LogP contribution in [-0.4, -0.2) is 20.3 Å². The van der Waals surface area contributed by atoms with E-state index in [1.54, 1.807) is 30.3 Å². The van der Waals surface area contributed by atoms with Crippen molar-refractivity contribution in [3.05, 3.63) is 52.5 Å². The van der Waals surface area contributed by atoms with Gasteiger partial charge in [-0.3, -0.25) is 9.52 Å². The smallest absolute Gasteiger partial charge is 0.261 e. The molecule has 0 saturated heterocycles. The summed E-state index contributed by atoms with van der Waals surface area (Å²) in [7, 11) is -3.71. The van der Waals surface area contributed by atoms with Crippen molar-refractivity contribution < 1.29 is 17.9 Å². The second kappa shape index (κ2) is 6.34. The van der Waals surface area contributed by atoms with Gasteiger partial charge in [0.1, 0.15) is 17.6 Å². The lowest BCUT2D eigenvalue weighted by atomic mass is 9.69. The number of sulfonamides is 1. The van der Waals surface area contributed by atoms with E-state index in [9.17, 15) is 13.2 Å². The minimum absolute atomic E-state index is 0.0928. The standard InChI is InChI=1S/C20H20BrNO4S/c1-20(2)10-16(23)18-14-8-12(9-15(21)19(14)26-17(18)11-20)22-27(24,25)13-6-4-3-5-7-13/h3-9,17-18,22H,10-11H2,1-2H3. The number of hydrogen-bond donors (Lipinski definition) is 1. The zero-order valence-corrected chi connectivity index (χ0v) is 17.4. The maximum absolute atomic E-state index is 12.7. The molecule has 2 unspecified atom stereocenters. The Balaban J connectivity index is 1.69. The van der Waals surface area contributed by atoms with E-state index in [0.717, 1.165) is 12.0 Å². The molecule has 1 aliphatic carbocycles. The van der Waals surface area contributed by atoms with Crippen molar-refractivity contribution in [3.8, 4) is 5.75 Å². The van der Waals surface area contributed by atoms with Crippen LogP contribution in [0.25, 0.3) is 0 Å². The number of rotatable bonds is 3. The van der Waals surface area contributed by atoms with Crippen LogP contribution >= 0.6 is 15.9 Å². The molecule has 1 saturated carbocycles. The Hall–Kier alpha value is -1.86. The van der Waals surface area contributed by atoms with Crippen molar-refractivity contribution >= 4 is 37.4 Å². The molecule has 7 heteroatoms. The van der Waals surface area contributed by atoms with Gasteiger partial charge in [-0.2, -0.15) is 0 Å². The fraction of sp³-hybridized carbons (Fsp3) is 0.350. The number of halogens is 1. The van der Waals surface area contributed by atoms with Crippen molar-refractivity contribution in [1.82, 2.24) is 0 Å². The van der Waals surface area contributed by atoms with Crippen LogP contribution in [0.5, 0.6) is 5.75 Å². The SMILES string of the molecule is CC1(C)CC(=O)C2c3cc(NS(=O)(=O)c4ccccc4)cc(Br)c3OC2C1. The highest BCUT2D eigenvalue weighted by Crippen LogP contribution is 2.52. The Bertz CT molecular complexity index is 1020. The summed E-state index contributed by atoms with van der Waals surface area (Å²) in [4.78, 5) is 12.9. The molecule has 0 spiro atoms. The number of Topliss-reactive ketones (excluding diaryl/α,β-unsaturated/α-hetero) is 1. The number of ketones is 1. The van der Waals surface area contributed by atoms with Crippen LogP contribution < -0.4 is 9.46 Å². The van der Waals surface area contributed by atoms with E-state index in [1.165, 1.54) is 12.1 Å². The molecule has 1 fully saturated rings. The lowest BCUT2D eigenvalue weighted by Crippen LogP contribution is -2.38. The Labute approximate surface area is 167 Å². The Kier molecular flexibility index (Phi) is 4.35. The van der Waals surface area contributed by atoms with Crippen LogP contribution in [0.3, 0.4) is 0 Å². The van der Waals surface area contributed by atoms with Crippen LogP contribution in [0.15, 0.2) is 51.8 Å². The molecule has 5 nitrogen and oxygen atoms in total. The third-order valence-corrected chi connectivity index (χ3v) is 7.09. The summed E-state index contributed by atoms with van der Waals surface area (Å²) in [6.07, 6.45) is 1.08. The first kappa shape index (κ1) is 18.5. The molecule has 1 N–H and O–H groups in total. The van der Waals surface area contributed by atoms with Crippen molar-refractivity contribution in [2.45, 2.75) is 43.6 Å². The van der Waals surface area contributed by atoms with Gasteiger partial charge in [-0.1, -0.05) is 32.0 Å². The van der Waals surface area contributed by atoms with Gasteiger partial charge in [-0.05, 0) is 52.0 Å². The summed E-state index contributed by atoms with van der Waals surface area (Å²) >= 11 is 3.47.